The molecule has 0 aromatic heterocycles. The number of benzene rings is 3. The fourth-order valence-electron chi connectivity index (χ4n) is 4.23. The van der Waals surface area contributed by atoms with Crippen molar-refractivity contribution in [1.82, 2.24) is 0 Å². The van der Waals surface area contributed by atoms with Gasteiger partial charge in [-0.1, -0.05) is 66.8 Å². The number of allylic oxidation sites excluding steroid dienone is 2. The molecule has 4 rings (SSSR count). The molecule has 1 nitrogen and oxygen atoms in total. The number of halogens is 3. The summed E-state index contributed by atoms with van der Waals surface area (Å²) >= 11 is 0. The summed E-state index contributed by atoms with van der Waals surface area (Å²) in [6.45, 7) is 6.25. The second-order valence-electron chi connectivity index (χ2n) is 8.39. The lowest BCUT2D eigenvalue weighted by Crippen LogP contribution is -2.19. The third-order valence-electron chi connectivity index (χ3n) is 6.25. The van der Waals surface area contributed by atoms with E-state index in [1.165, 1.54) is 6.07 Å². The molecule has 1 aliphatic rings. The van der Waals surface area contributed by atoms with E-state index >= 15 is 0 Å². The van der Waals surface area contributed by atoms with Gasteiger partial charge < -0.3 is 4.74 Å². The molecule has 1 saturated heterocycles. The van der Waals surface area contributed by atoms with Gasteiger partial charge in [-0.15, -0.1) is 6.58 Å². The van der Waals surface area contributed by atoms with Crippen LogP contribution in [0.25, 0.3) is 22.3 Å². The van der Waals surface area contributed by atoms with Gasteiger partial charge in [-0.2, -0.15) is 0 Å². The highest BCUT2D eigenvalue weighted by atomic mass is 19.2. The molecule has 2 unspecified atom stereocenters. The Bertz CT molecular complexity index is 1160. The predicted molar refractivity (Wildman–Crippen MR) is 127 cm³/mol. The van der Waals surface area contributed by atoms with Crippen LogP contribution in [0.1, 0.15) is 37.0 Å². The average molecular weight is 449 g/mol. The molecule has 0 N–H and O–H groups in total. The monoisotopic (exact) mass is 448 g/mol. The van der Waals surface area contributed by atoms with Gasteiger partial charge in [0, 0.05) is 17.0 Å². The van der Waals surface area contributed by atoms with Crippen molar-refractivity contribution in [2.24, 2.45) is 5.92 Å². The zero-order valence-electron chi connectivity index (χ0n) is 18.7. The number of hydrogen-bond donors (Lipinski definition) is 0. The van der Waals surface area contributed by atoms with Gasteiger partial charge in [0.2, 0.25) is 0 Å². The Hall–Kier alpha value is -3.11. The lowest BCUT2D eigenvalue weighted by atomic mass is 9.93. The second kappa shape index (κ2) is 10.2. The van der Waals surface area contributed by atoms with Crippen molar-refractivity contribution in [2.45, 2.75) is 32.3 Å². The average Bonchev–Trinajstić information content (AvgIpc) is 2.85. The molecule has 0 spiro atoms. The topological polar surface area (TPSA) is 9.23 Å². The first-order valence-electron chi connectivity index (χ1n) is 11.2. The van der Waals surface area contributed by atoms with E-state index in [4.69, 9.17) is 4.74 Å². The summed E-state index contributed by atoms with van der Waals surface area (Å²) < 4.78 is 49.9. The van der Waals surface area contributed by atoms with Crippen LogP contribution in [0.3, 0.4) is 0 Å². The SMILES string of the molecule is C=CC1CCC(c2ccc(-c3ccc(-c4ccc(C/C=C\C)c(F)c4F)cc3)c(F)c2)OC1. The van der Waals surface area contributed by atoms with Crippen LogP contribution in [0.5, 0.6) is 0 Å². The first-order valence-corrected chi connectivity index (χ1v) is 11.2. The van der Waals surface area contributed by atoms with Crippen LogP contribution in [0, 0.1) is 23.4 Å². The van der Waals surface area contributed by atoms with Crippen molar-refractivity contribution in [2.75, 3.05) is 6.61 Å². The highest BCUT2D eigenvalue weighted by Crippen LogP contribution is 2.34. The van der Waals surface area contributed by atoms with Gasteiger partial charge in [-0.3, -0.25) is 0 Å². The molecule has 0 bridgehead atoms. The van der Waals surface area contributed by atoms with Crippen molar-refractivity contribution in [1.29, 1.82) is 0 Å². The second-order valence-corrected chi connectivity index (χ2v) is 8.39. The summed E-state index contributed by atoms with van der Waals surface area (Å²) in [5.41, 5.74) is 2.99. The molecule has 0 aliphatic carbocycles. The van der Waals surface area contributed by atoms with E-state index in [0.29, 0.717) is 41.2 Å². The predicted octanol–water partition coefficient (Wildman–Crippen LogP) is 8.21. The van der Waals surface area contributed by atoms with Crippen LogP contribution >= 0.6 is 0 Å². The standard InChI is InChI=1S/C29H27F3O/c1-3-5-6-22-12-15-25(29(32)28(22)31)21-10-8-20(9-11-21)24-14-13-23(17-26(24)30)27-16-7-19(4-2)18-33-27/h3-5,8-15,17,19,27H,2,6-7,16,18H2,1H3/b5-3-. The molecule has 1 heterocycles. The quantitative estimate of drug-likeness (QED) is 0.345. The maximum atomic E-state index is 14.9. The Morgan fingerprint density at radius 1 is 0.909 bits per heavy atom. The lowest BCUT2D eigenvalue weighted by molar-refractivity contribution is -0.00528. The van der Waals surface area contributed by atoms with Crippen LogP contribution in [0.4, 0.5) is 13.2 Å². The molecule has 3 aromatic rings. The fraction of sp³-hybridized carbons (Fsp3) is 0.241. The third-order valence-corrected chi connectivity index (χ3v) is 6.25. The molecular weight excluding hydrogens is 421 g/mol. The summed E-state index contributed by atoms with van der Waals surface area (Å²) in [5, 5.41) is 0. The summed E-state index contributed by atoms with van der Waals surface area (Å²) in [4.78, 5) is 0. The van der Waals surface area contributed by atoms with Crippen LogP contribution in [-0.2, 0) is 11.2 Å². The molecule has 1 fully saturated rings. The van der Waals surface area contributed by atoms with Crippen molar-refractivity contribution in [3.05, 3.63) is 108 Å². The van der Waals surface area contributed by atoms with E-state index in [0.717, 1.165) is 18.4 Å². The van der Waals surface area contributed by atoms with Crippen LogP contribution in [0.15, 0.2) is 79.4 Å². The Morgan fingerprint density at radius 3 is 2.21 bits per heavy atom. The Kier molecular flexibility index (Phi) is 7.14. The smallest absolute Gasteiger partial charge is 0.166 e. The van der Waals surface area contributed by atoms with Crippen LogP contribution in [0.2, 0.25) is 0 Å². The van der Waals surface area contributed by atoms with Crippen molar-refractivity contribution < 1.29 is 17.9 Å². The van der Waals surface area contributed by atoms with Gasteiger partial charge in [0.1, 0.15) is 5.82 Å². The van der Waals surface area contributed by atoms with Crippen molar-refractivity contribution >= 4 is 0 Å². The molecule has 3 aromatic carbocycles. The summed E-state index contributed by atoms with van der Waals surface area (Å²) in [5.74, 6) is -1.68. The molecule has 0 radical (unpaired) electrons. The maximum absolute atomic E-state index is 14.9. The Labute approximate surface area is 193 Å². The summed E-state index contributed by atoms with van der Waals surface area (Å²) in [7, 11) is 0. The van der Waals surface area contributed by atoms with E-state index in [2.05, 4.69) is 6.58 Å². The van der Waals surface area contributed by atoms with E-state index in [1.54, 1.807) is 54.6 Å². The first-order chi connectivity index (χ1) is 16.0. The van der Waals surface area contributed by atoms with Gasteiger partial charge >= 0.3 is 0 Å². The number of hydrogen-bond acceptors (Lipinski definition) is 1. The minimum absolute atomic E-state index is 0.110. The number of ether oxygens (including phenoxy) is 1. The normalized spacial score (nSPS) is 18.5. The van der Waals surface area contributed by atoms with Crippen molar-refractivity contribution in [3.63, 3.8) is 0 Å². The minimum atomic E-state index is -0.869. The Morgan fingerprint density at radius 2 is 1.61 bits per heavy atom. The van der Waals surface area contributed by atoms with E-state index in [9.17, 15) is 13.2 Å². The third kappa shape index (κ3) is 4.96. The molecule has 170 valence electrons. The van der Waals surface area contributed by atoms with Gasteiger partial charge in [0.25, 0.3) is 0 Å². The summed E-state index contributed by atoms with van der Waals surface area (Å²) in [6.07, 6.45) is 7.53. The highest BCUT2D eigenvalue weighted by molar-refractivity contribution is 5.71. The lowest BCUT2D eigenvalue weighted by Gasteiger charge is -2.27. The zero-order valence-corrected chi connectivity index (χ0v) is 18.7. The van der Waals surface area contributed by atoms with E-state index in [1.807, 2.05) is 19.1 Å². The molecule has 0 amide bonds. The van der Waals surface area contributed by atoms with E-state index < -0.39 is 11.6 Å². The molecule has 1 aliphatic heterocycles. The molecule has 4 heteroatoms. The maximum Gasteiger partial charge on any atom is 0.166 e. The van der Waals surface area contributed by atoms with Gasteiger partial charge in [-0.05, 0) is 54.5 Å². The fourth-order valence-corrected chi connectivity index (χ4v) is 4.23. The van der Waals surface area contributed by atoms with E-state index in [-0.39, 0.29) is 17.5 Å². The minimum Gasteiger partial charge on any atom is -0.373 e. The summed E-state index contributed by atoms with van der Waals surface area (Å²) in [6, 6.07) is 15.2. The zero-order chi connectivity index (χ0) is 23.4. The van der Waals surface area contributed by atoms with Gasteiger partial charge in [0.05, 0.1) is 12.7 Å². The first kappa shape index (κ1) is 23.1. The Balaban J connectivity index is 1.54. The molecule has 2 atom stereocenters. The van der Waals surface area contributed by atoms with Crippen molar-refractivity contribution in [3.8, 4) is 22.3 Å². The number of rotatable bonds is 6. The largest absolute Gasteiger partial charge is 0.373 e. The van der Waals surface area contributed by atoms with Crippen LogP contribution in [-0.4, -0.2) is 6.61 Å². The highest BCUT2D eigenvalue weighted by Gasteiger charge is 2.22. The molecular formula is C29H27F3O. The molecule has 33 heavy (non-hydrogen) atoms. The van der Waals surface area contributed by atoms with Gasteiger partial charge in [0.15, 0.2) is 11.6 Å². The van der Waals surface area contributed by atoms with Crippen LogP contribution < -0.4 is 0 Å². The molecule has 0 saturated carbocycles. The van der Waals surface area contributed by atoms with Gasteiger partial charge in [-0.25, -0.2) is 13.2 Å².